The molecule has 326 valence electrons. The Hall–Kier alpha value is -2.88. The summed E-state index contributed by atoms with van der Waals surface area (Å²) in [6, 6.07) is 0. The molecule has 1 unspecified atom stereocenters. The molecule has 0 bridgehead atoms. The predicted octanol–water partition coefficient (Wildman–Crippen LogP) is 11.4. The molecular formula is C46H79NO9P+. The van der Waals surface area contributed by atoms with E-state index in [1.54, 1.807) is 6.08 Å². The van der Waals surface area contributed by atoms with Crippen LogP contribution in [0, 0.1) is 0 Å². The third-order valence-corrected chi connectivity index (χ3v) is 9.67. The zero-order valence-corrected chi connectivity index (χ0v) is 37.2. The number of allylic oxidation sites excluding steroid dienone is 12. The molecule has 1 N–H and O–H groups in total. The largest absolute Gasteiger partial charge is 0.472 e. The summed E-state index contributed by atoms with van der Waals surface area (Å²) in [5.41, 5.74) is 0. The van der Waals surface area contributed by atoms with Crippen molar-refractivity contribution < 1.29 is 46.8 Å². The molecule has 0 radical (unpaired) electrons. The van der Waals surface area contributed by atoms with Gasteiger partial charge in [-0.15, -0.1) is 0 Å². The van der Waals surface area contributed by atoms with Crippen LogP contribution in [0.4, 0.5) is 0 Å². The molecule has 10 nitrogen and oxygen atoms in total. The van der Waals surface area contributed by atoms with Crippen LogP contribution in [0.2, 0.25) is 0 Å². The molecule has 0 aliphatic rings. The van der Waals surface area contributed by atoms with E-state index in [0.29, 0.717) is 36.7 Å². The molecule has 0 aromatic carbocycles. The Bertz CT molecular complexity index is 1260. The van der Waals surface area contributed by atoms with Gasteiger partial charge in [0.1, 0.15) is 19.8 Å². The van der Waals surface area contributed by atoms with Gasteiger partial charge < -0.3 is 18.9 Å². The van der Waals surface area contributed by atoms with E-state index in [1.165, 1.54) is 19.3 Å². The Morgan fingerprint density at radius 2 is 1.12 bits per heavy atom. The Kier molecular flexibility index (Phi) is 35.5. The topological polar surface area (TPSA) is 125 Å². The molecule has 0 aliphatic carbocycles. The molecule has 57 heavy (non-hydrogen) atoms. The Balaban J connectivity index is 4.55. The fourth-order valence-electron chi connectivity index (χ4n) is 5.22. The van der Waals surface area contributed by atoms with Gasteiger partial charge in [0.05, 0.1) is 27.7 Å². The monoisotopic (exact) mass is 821 g/mol. The van der Waals surface area contributed by atoms with Crippen molar-refractivity contribution in [2.75, 3.05) is 47.5 Å². The van der Waals surface area contributed by atoms with Gasteiger partial charge in [-0.3, -0.25) is 23.4 Å². The van der Waals surface area contributed by atoms with Crippen molar-refractivity contribution in [3.05, 3.63) is 72.9 Å². The number of hydrogen-bond acceptors (Lipinski definition) is 8. The molecule has 11 heteroatoms. The maximum atomic E-state index is 12.7. The highest BCUT2D eigenvalue weighted by Crippen LogP contribution is 2.43. The quantitative estimate of drug-likeness (QED) is 0.0123. The molecule has 0 aromatic rings. The van der Waals surface area contributed by atoms with E-state index >= 15 is 0 Å². The smallest absolute Gasteiger partial charge is 0.462 e. The SMILES string of the molecule is CCCCC/C=C\C/C=C\C/C=C\C/C=C\CCCC(=O)O[C@H](COC(=O)CCCCCCC/C=C\C=C\C(=O)CCCCC)COP(=O)(O)OCC[N+](C)(C)C. The van der Waals surface area contributed by atoms with Crippen LogP contribution < -0.4 is 0 Å². The lowest BCUT2D eigenvalue weighted by Crippen LogP contribution is -2.37. The minimum absolute atomic E-state index is 0.00363. The average Bonchev–Trinajstić information content (AvgIpc) is 3.15. The summed E-state index contributed by atoms with van der Waals surface area (Å²) in [6.07, 6.45) is 42.2. The van der Waals surface area contributed by atoms with Crippen LogP contribution in [0.1, 0.15) is 149 Å². The van der Waals surface area contributed by atoms with Crippen molar-refractivity contribution in [3.8, 4) is 0 Å². The third kappa shape index (κ3) is 41.1. The number of carbonyl (C=O) groups is 3. The van der Waals surface area contributed by atoms with Crippen molar-refractivity contribution in [3.63, 3.8) is 0 Å². The first-order valence-corrected chi connectivity index (χ1v) is 23.1. The van der Waals surface area contributed by atoms with Gasteiger partial charge >= 0.3 is 19.8 Å². The highest BCUT2D eigenvalue weighted by Gasteiger charge is 2.27. The molecule has 0 fully saturated rings. The Morgan fingerprint density at radius 1 is 0.596 bits per heavy atom. The summed E-state index contributed by atoms with van der Waals surface area (Å²) >= 11 is 0. The second kappa shape index (κ2) is 37.4. The fourth-order valence-corrected chi connectivity index (χ4v) is 5.96. The molecule has 0 aromatic heterocycles. The number of esters is 2. The normalized spacial score (nSPS) is 14.2. The number of ketones is 1. The Labute approximate surface area is 346 Å². The van der Waals surface area contributed by atoms with Gasteiger partial charge in [-0.25, -0.2) is 4.57 Å². The van der Waals surface area contributed by atoms with Crippen molar-refractivity contribution >= 4 is 25.5 Å². The van der Waals surface area contributed by atoms with Crippen molar-refractivity contribution in [2.45, 2.75) is 155 Å². The van der Waals surface area contributed by atoms with Gasteiger partial charge in [0.25, 0.3) is 0 Å². The molecule has 0 saturated carbocycles. The third-order valence-electron chi connectivity index (χ3n) is 8.69. The van der Waals surface area contributed by atoms with Crippen LogP contribution >= 0.6 is 7.82 Å². The number of hydrogen-bond donors (Lipinski definition) is 1. The van der Waals surface area contributed by atoms with E-state index in [-0.39, 0.29) is 31.8 Å². The summed E-state index contributed by atoms with van der Waals surface area (Å²) < 4.78 is 34.1. The number of unbranched alkanes of at least 4 members (excludes halogenated alkanes) is 11. The van der Waals surface area contributed by atoms with Gasteiger partial charge in [-0.05, 0) is 76.7 Å². The molecule has 0 spiro atoms. The number of ether oxygens (including phenoxy) is 2. The number of quaternary nitrogens is 1. The molecule has 0 aliphatic heterocycles. The second-order valence-electron chi connectivity index (χ2n) is 15.4. The summed E-state index contributed by atoms with van der Waals surface area (Å²) in [5.74, 6) is -0.758. The van der Waals surface area contributed by atoms with Gasteiger partial charge in [0, 0.05) is 19.3 Å². The summed E-state index contributed by atoms with van der Waals surface area (Å²) in [6.45, 7) is 4.10. The summed E-state index contributed by atoms with van der Waals surface area (Å²) in [7, 11) is 1.38. The number of phosphoric ester groups is 1. The maximum Gasteiger partial charge on any atom is 0.472 e. The number of rotatable bonds is 38. The van der Waals surface area contributed by atoms with Crippen LogP contribution in [-0.4, -0.2) is 80.7 Å². The Morgan fingerprint density at radius 3 is 1.77 bits per heavy atom. The van der Waals surface area contributed by atoms with Crippen LogP contribution in [0.25, 0.3) is 0 Å². The van der Waals surface area contributed by atoms with E-state index < -0.39 is 32.5 Å². The fraction of sp³-hybridized carbons (Fsp3) is 0.674. The van der Waals surface area contributed by atoms with E-state index in [2.05, 4.69) is 62.5 Å². The van der Waals surface area contributed by atoms with Gasteiger partial charge in [0.15, 0.2) is 11.9 Å². The van der Waals surface area contributed by atoms with E-state index in [1.807, 2.05) is 39.4 Å². The van der Waals surface area contributed by atoms with Crippen molar-refractivity contribution in [2.24, 2.45) is 0 Å². The van der Waals surface area contributed by atoms with Gasteiger partial charge in [0.2, 0.25) is 0 Å². The molecule has 0 rings (SSSR count). The van der Waals surface area contributed by atoms with E-state index in [9.17, 15) is 23.8 Å². The van der Waals surface area contributed by atoms with Crippen LogP contribution in [-0.2, 0) is 37.5 Å². The standard InChI is InChI=1S/C46H78NO9P/c1-6-8-10-11-12-13-14-15-16-17-18-19-20-23-27-30-34-38-46(50)56-44(42-55-57(51,52)54-40-39-47(3,4)5)41-53-45(49)37-33-29-26-24-21-22-25-28-32-36-43(48)35-31-9-7-2/h12-13,15-16,18-19,23,25,27-28,32,36,44H,6-11,14,17,20-22,24,26,29-31,33-35,37-42H2,1-5H3/p+1/b13-12-,16-15-,19-18-,27-23-,28-25-,36-32+/t44-/m1/s1. The predicted molar refractivity (Wildman–Crippen MR) is 234 cm³/mol. The average molecular weight is 821 g/mol. The molecular weight excluding hydrogens is 741 g/mol. The number of likely N-dealkylation sites (N-methyl/N-ethyl adjacent to an activating group) is 1. The molecule has 0 saturated heterocycles. The van der Waals surface area contributed by atoms with E-state index in [4.69, 9.17) is 18.5 Å². The summed E-state index contributed by atoms with van der Waals surface area (Å²) in [4.78, 5) is 47.1. The zero-order chi connectivity index (χ0) is 42.3. The van der Waals surface area contributed by atoms with E-state index in [0.717, 1.165) is 77.0 Å². The lowest BCUT2D eigenvalue weighted by atomic mass is 10.1. The first-order valence-electron chi connectivity index (χ1n) is 21.6. The second-order valence-corrected chi connectivity index (χ2v) is 16.9. The van der Waals surface area contributed by atoms with Crippen molar-refractivity contribution in [1.29, 1.82) is 0 Å². The summed E-state index contributed by atoms with van der Waals surface area (Å²) in [5, 5.41) is 0. The maximum absolute atomic E-state index is 12.7. The first kappa shape index (κ1) is 54.1. The van der Waals surface area contributed by atoms with Gasteiger partial charge in [-0.2, -0.15) is 0 Å². The first-order chi connectivity index (χ1) is 27.4. The number of carbonyl (C=O) groups excluding carboxylic acids is 3. The number of phosphoric acid groups is 1. The lowest BCUT2D eigenvalue weighted by Gasteiger charge is -2.24. The molecule has 2 atom stereocenters. The van der Waals surface area contributed by atoms with Gasteiger partial charge in [-0.1, -0.05) is 126 Å². The highest BCUT2D eigenvalue weighted by molar-refractivity contribution is 7.47. The minimum Gasteiger partial charge on any atom is -0.462 e. The molecule has 0 amide bonds. The van der Waals surface area contributed by atoms with Crippen LogP contribution in [0.5, 0.6) is 0 Å². The lowest BCUT2D eigenvalue weighted by molar-refractivity contribution is -0.870. The van der Waals surface area contributed by atoms with Crippen LogP contribution in [0.15, 0.2) is 72.9 Å². The van der Waals surface area contributed by atoms with Crippen LogP contribution in [0.3, 0.4) is 0 Å². The minimum atomic E-state index is -4.41. The number of nitrogens with zero attached hydrogens (tertiary/aromatic N) is 1. The zero-order valence-electron chi connectivity index (χ0n) is 36.3. The highest BCUT2D eigenvalue weighted by atomic mass is 31.2. The molecule has 0 heterocycles. The van der Waals surface area contributed by atoms with Crippen molar-refractivity contribution in [1.82, 2.24) is 0 Å².